The van der Waals surface area contributed by atoms with E-state index in [-0.39, 0.29) is 23.1 Å². The fourth-order valence-electron chi connectivity index (χ4n) is 3.54. The Hall–Kier alpha value is -2.15. The van der Waals surface area contributed by atoms with Crippen LogP contribution in [-0.2, 0) is 16.6 Å². The maximum atomic E-state index is 13.0. The van der Waals surface area contributed by atoms with Crippen LogP contribution in [0.5, 0.6) is 0 Å². The number of thioether (sulfide) groups is 1. The van der Waals surface area contributed by atoms with Crippen molar-refractivity contribution in [3.8, 4) is 6.07 Å². The maximum Gasteiger partial charge on any atom is 0.270 e. The number of pyridine rings is 1. The van der Waals surface area contributed by atoms with Crippen molar-refractivity contribution in [1.82, 2.24) is 9.47 Å². The molecule has 154 valence electrons. The lowest BCUT2D eigenvalue weighted by Gasteiger charge is -2.32. The molecule has 0 aromatic carbocycles. The molecule has 3 rings (SSSR count). The van der Waals surface area contributed by atoms with E-state index in [1.165, 1.54) is 16.3 Å². The molecule has 0 spiro atoms. The number of anilines is 1. The minimum atomic E-state index is -0.337. The summed E-state index contributed by atoms with van der Waals surface area (Å²) in [5.74, 6) is 0.567. The van der Waals surface area contributed by atoms with Crippen LogP contribution >= 0.6 is 24.0 Å². The van der Waals surface area contributed by atoms with Crippen molar-refractivity contribution in [2.45, 2.75) is 33.2 Å². The maximum absolute atomic E-state index is 13.0. The van der Waals surface area contributed by atoms with Gasteiger partial charge in [-0.15, -0.1) is 0 Å². The summed E-state index contributed by atoms with van der Waals surface area (Å²) in [4.78, 5) is 30.0. The van der Waals surface area contributed by atoms with E-state index in [1.807, 2.05) is 19.9 Å². The summed E-state index contributed by atoms with van der Waals surface area (Å²) in [7, 11) is 1.66. The summed E-state index contributed by atoms with van der Waals surface area (Å²) in [6.45, 7) is 8.12. The second-order valence-electron chi connectivity index (χ2n) is 7.12. The molecule has 0 N–H and O–H groups in total. The van der Waals surface area contributed by atoms with Crippen LogP contribution in [0.3, 0.4) is 0 Å². The molecule has 2 fully saturated rings. The van der Waals surface area contributed by atoms with Crippen molar-refractivity contribution < 1.29 is 9.53 Å². The molecule has 1 amide bonds. The van der Waals surface area contributed by atoms with Crippen LogP contribution in [0.4, 0.5) is 5.82 Å². The Morgan fingerprint density at radius 1 is 1.34 bits per heavy atom. The zero-order valence-corrected chi connectivity index (χ0v) is 18.7. The van der Waals surface area contributed by atoms with Crippen molar-refractivity contribution in [1.29, 1.82) is 5.26 Å². The molecule has 1 aromatic heterocycles. The molecular weight excluding hydrogens is 408 g/mol. The number of thiocarbonyl (C=S) groups is 1. The van der Waals surface area contributed by atoms with E-state index in [2.05, 4.69) is 4.90 Å². The molecule has 0 aliphatic carbocycles. The first kappa shape index (κ1) is 21.6. The molecule has 0 radical (unpaired) electrons. The van der Waals surface area contributed by atoms with Crippen molar-refractivity contribution in [3.63, 3.8) is 0 Å². The Bertz CT molecular complexity index is 987. The highest BCUT2D eigenvalue weighted by atomic mass is 32.2. The Morgan fingerprint density at radius 2 is 2.00 bits per heavy atom. The van der Waals surface area contributed by atoms with E-state index >= 15 is 0 Å². The first-order valence-electron chi connectivity index (χ1n) is 9.55. The van der Waals surface area contributed by atoms with Gasteiger partial charge in [0.05, 0.1) is 18.1 Å². The number of nitriles is 1. The Balaban J connectivity index is 2.18. The summed E-state index contributed by atoms with van der Waals surface area (Å²) >= 11 is 6.70. The van der Waals surface area contributed by atoms with Gasteiger partial charge in [0.1, 0.15) is 21.8 Å². The molecule has 2 aliphatic heterocycles. The van der Waals surface area contributed by atoms with Gasteiger partial charge in [0.25, 0.3) is 11.5 Å². The van der Waals surface area contributed by atoms with Crippen molar-refractivity contribution in [3.05, 3.63) is 31.9 Å². The Morgan fingerprint density at radius 3 is 2.59 bits per heavy atom. The van der Waals surface area contributed by atoms with E-state index in [9.17, 15) is 14.9 Å². The Labute approximate surface area is 179 Å². The number of hydrogen-bond donors (Lipinski definition) is 0. The number of hydrogen-bond acceptors (Lipinski definition) is 7. The average Bonchev–Trinajstić information content (AvgIpc) is 3.00. The highest BCUT2D eigenvalue weighted by molar-refractivity contribution is 8.26. The quantitative estimate of drug-likeness (QED) is 0.534. The van der Waals surface area contributed by atoms with Crippen molar-refractivity contribution >= 4 is 46.1 Å². The monoisotopic (exact) mass is 432 g/mol. The summed E-state index contributed by atoms with van der Waals surface area (Å²) in [5.41, 5.74) is 1.03. The number of ether oxygens (including phenoxy) is 1. The number of morpholine rings is 1. The highest BCUT2D eigenvalue weighted by Gasteiger charge is 2.35. The molecular formula is C20H24N4O3S2. The van der Waals surface area contributed by atoms with Gasteiger partial charge in [-0.05, 0) is 31.9 Å². The third kappa shape index (κ3) is 3.84. The molecule has 0 saturated carbocycles. The lowest BCUT2D eigenvalue weighted by molar-refractivity contribution is -0.123. The third-order valence-corrected chi connectivity index (χ3v) is 6.74. The predicted molar refractivity (Wildman–Crippen MR) is 119 cm³/mol. The number of carbonyl (C=O) groups is 1. The molecule has 2 saturated heterocycles. The van der Waals surface area contributed by atoms with Gasteiger partial charge in [-0.2, -0.15) is 5.26 Å². The standard InChI is InChI=1S/C20H24N4O3S2/c1-5-12(2)24-19(26)16(29-20(24)28)10-14-13(3)15(11-21)18(25)22(4)17(14)23-6-8-27-9-7-23/h10,12H,5-9H2,1-4H3/b16-10-. The second-order valence-corrected chi connectivity index (χ2v) is 8.80. The largest absolute Gasteiger partial charge is 0.378 e. The molecule has 0 bridgehead atoms. The molecule has 9 heteroatoms. The van der Waals surface area contributed by atoms with Crippen LogP contribution in [0.2, 0.25) is 0 Å². The fourth-order valence-corrected chi connectivity index (χ4v) is 4.99. The second kappa shape index (κ2) is 8.69. The van der Waals surface area contributed by atoms with Crippen LogP contribution in [0.1, 0.15) is 37.0 Å². The topological polar surface area (TPSA) is 78.6 Å². The summed E-state index contributed by atoms with van der Waals surface area (Å²) in [6, 6.07) is 2.04. The van der Waals surface area contributed by atoms with Crippen LogP contribution in [0, 0.1) is 18.3 Å². The molecule has 3 heterocycles. The highest BCUT2D eigenvalue weighted by Crippen LogP contribution is 2.37. The minimum Gasteiger partial charge on any atom is -0.378 e. The van der Waals surface area contributed by atoms with Crippen LogP contribution in [0.15, 0.2) is 9.70 Å². The Kier molecular flexibility index (Phi) is 6.46. The average molecular weight is 433 g/mol. The third-order valence-electron chi connectivity index (χ3n) is 5.41. The first-order valence-corrected chi connectivity index (χ1v) is 10.8. The molecule has 1 unspecified atom stereocenters. The smallest absolute Gasteiger partial charge is 0.270 e. The number of carbonyl (C=O) groups excluding carboxylic acids is 1. The van der Waals surface area contributed by atoms with E-state index in [0.717, 1.165) is 6.42 Å². The molecule has 1 aromatic rings. The van der Waals surface area contributed by atoms with Gasteiger partial charge >= 0.3 is 0 Å². The molecule has 2 aliphatic rings. The lowest BCUT2D eigenvalue weighted by Crippen LogP contribution is -2.40. The predicted octanol–water partition coefficient (Wildman–Crippen LogP) is 2.40. The van der Waals surface area contributed by atoms with Gasteiger partial charge in [-0.1, -0.05) is 30.9 Å². The van der Waals surface area contributed by atoms with Gasteiger partial charge < -0.3 is 9.64 Å². The first-order chi connectivity index (χ1) is 13.8. The lowest BCUT2D eigenvalue weighted by atomic mass is 10.0. The van der Waals surface area contributed by atoms with E-state index in [1.54, 1.807) is 24.9 Å². The van der Waals surface area contributed by atoms with Crippen LogP contribution < -0.4 is 10.5 Å². The zero-order chi connectivity index (χ0) is 21.3. The number of rotatable bonds is 4. The van der Waals surface area contributed by atoms with Crippen LogP contribution in [0.25, 0.3) is 6.08 Å². The van der Waals surface area contributed by atoms with Crippen molar-refractivity contribution in [2.75, 3.05) is 31.2 Å². The van der Waals surface area contributed by atoms with Gasteiger partial charge in [0.2, 0.25) is 0 Å². The summed E-state index contributed by atoms with van der Waals surface area (Å²) in [5, 5.41) is 9.53. The number of aromatic nitrogens is 1. The van der Waals surface area contributed by atoms with Gasteiger partial charge in [0, 0.05) is 31.7 Å². The van der Waals surface area contributed by atoms with E-state index in [4.69, 9.17) is 17.0 Å². The number of nitrogens with zero attached hydrogens (tertiary/aromatic N) is 4. The summed E-state index contributed by atoms with van der Waals surface area (Å²) in [6.07, 6.45) is 2.58. The summed E-state index contributed by atoms with van der Waals surface area (Å²) < 4.78 is 7.48. The van der Waals surface area contributed by atoms with E-state index in [0.29, 0.717) is 52.5 Å². The SMILES string of the molecule is CCC(C)N1C(=O)/C(=C/c2c(C)c(C#N)c(=O)n(C)c2N2CCOCC2)SC1=S. The fraction of sp³-hybridized carbons (Fsp3) is 0.500. The van der Waals surface area contributed by atoms with Crippen molar-refractivity contribution in [2.24, 2.45) is 7.05 Å². The van der Waals surface area contributed by atoms with Gasteiger partial charge in [0.15, 0.2) is 0 Å². The van der Waals surface area contributed by atoms with Gasteiger partial charge in [-0.25, -0.2) is 0 Å². The number of amides is 1. The zero-order valence-electron chi connectivity index (χ0n) is 17.0. The van der Waals surface area contributed by atoms with Gasteiger partial charge in [-0.3, -0.25) is 19.1 Å². The van der Waals surface area contributed by atoms with Crippen LogP contribution in [-0.4, -0.2) is 52.0 Å². The molecule has 7 nitrogen and oxygen atoms in total. The molecule has 29 heavy (non-hydrogen) atoms. The minimum absolute atomic E-state index is 0.0167. The normalized spacial score (nSPS) is 19.8. The van der Waals surface area contributed by atoms with E-state index < -0.39 is 0 Å². The molecule has 1 atom stereocenters.